The Morgan fingerprint density at radius 3 is 2.17 bits per heavy atom. The molecule has 2 unspecified atom stereocenters. The highest BCUT2D eigenvalue weighted by atomic mass is 35.5. The van der Waals surface area contributed by atoms with E-state index in [-0.39, 0.29) is 0 Å². The highest BCUT2D eigenvalue weighted by Gasteiger charge is 2.24. The van der Waals surface area contributed by atoms with Crippen molar-refractivity contribution in [3.63, 3.8) is 0 Å². The van der Waals surface area contributed by atoms with Gasteiger partial charge in [-0.05, 0) is 55.7 Å². The van der Waals surface area contributed by atoms with Gasteiger partial charge in [0.25, 0.3) is 0 Å². The molecule has 0 spiro atoms. The maximum absolute atomic E-state index is 5.93. The van der Waals surface area contributed by atoms with E-state index in [2.05, 4.69) is 38.2 Å². The average molecular weight is 266 g/mol. The molecule has 2 heteroatoms. The van der Waals surface area contributed by atoms with Crippen LogP contribution in [0.15, 0.2) is 24.3 Å². The van der Waals surface area contributed by atoms with Gasteiger partial charge in [-0.2, -0.15) is 0 Å². The van der Waals surface area contributed by atoms with Crippen LogP contribution in [0.5, 0.6) is 0 Å². The monoisotopic (exact) mass is 265 g/mol. The lowest BCUT2D eigenvalue weighted by Crippen LogP contribution is -2.37. The van der Waals surface area contributed by atoms with E-state index in [9.17, 15) is 0 Å². The number of hydrogen-bond donors (Lipinski definition) is 1. The smallest absolute Gasteiger partial charge is 0.0406 e. The molecule has 0 saturated heterocycles. The van der Waals surface area contributed by atoms with Crippen molar-refractivity contribution in [1.82, 2.24) is 5.32 Å². The van der Waals surface area contributed by atoms with Gasteiger partial charge in [-0.15, -0.1) is 0 Å². The minimum atomic E-state index is 0.407. The highest BCUT2D eigenvalue weighted by molar-refractivity contribution is 6.30. The average Bonchev–Trinajstić information content (AvgIpc) is 2.28. The van der Waals surface area contributed by atoms with Crippen LogP contribution in [0.3, 0.4) is 0 Å². The first-order chi connectivity index (χ1) is 8.54. The Kier molecular flexibility index (Phi) is 4.69. The van der Waals surface area contributed by atoms with Crippen molar-refractivity contribution < 1.29 is 0 Å². The van der Waals surface area contributed by atoms with Crippen LogP contribution in [0.25, 0.3) is 0 Å². The number of nitrogens with one attached hydrogen (secondary N) is 1. The summed E-state index contributed by atoms with van der Waals surface area (Å²) in [4.78, 5) is 0. The van der Waals surface area contributed by atoms with Crippen LogP contribution in [0.1, 0.15) is 51.6 Å². The van der Waals surface area contributed by atoms with Crippen LogP contribution in [0.4, 0.5) is 0 Å². The molecule has 0 amide bonds. The Hall–Kier alpha value is -0.530. The predicted molar refractivity (Wildman–Crippen MR) is 79.0 cm³/mol. The summed E-state index contributed by atoms with van der Waals surface area (Å²) in [6.45, 7) is 6.99. The molecule has 3 atom stereocenters. The SMILES string of the molecule is CC1CC(C)CC(N[C@@H](C)c2ccc(Cl)cc2)C1. The van der Waals surface area contributed by atoms with Crippen molar-refractivity contribution in [1.29, 1.82) is 0 Å². The predicted octanol–water partition coefficient (Wildman–Crippen LogP) is 4.82. The lowest BCUT2D eigenvalue weighted by atomic mass is 9.80. The van der Waals surface area contributed by atoms with Crippen LogP contribution in [0.2, 0.25) is 5.02 Å². The molecule has 1 aromatic rings. The summed E-state index contributed by atoms with van der Waals surface area (Å²) in [5.74, 6) is 1.70. The van der Waals surface area contributed by atoms with E-state index in [1.807, 2.05) is 12.1 Å². The second-order valence-electron chi connectivity index (χ2n) is 6.05. The zero-order valence-electron chi connectivity index (χ0n) is 11.6. The first-order valence-corrected chi connectivity index (χ1v) is 7.44. The summed E-state index contributed by atoms with van der Waals surface area (Å²) in [5, 5.41) is 4.58. The van der Waals surface area contributed by atoms with Gasteiger partial charge in [0, 0.05) is 17.1 Å². The topological polar surface area (TPSA) is 12.0 Å². The van der Waals surface area contributed by atoms with E-state index in [0.29, 0.717) is 12.1 Å². The maximum atomic E-state index is 5.93. The van der Waals surface area contributed by atoms with Gasteiger partial charge in [0.2, 0.25) is 0 Å². The van der Waals surface area contributed by atoms with Crippen LogP contribution >= 0.6 is 11.6 Å². The Bertz CT molecular complexity index is 363. The van der Waals surface area contributed by atoms with Crippen LogP contribution < -0.4 is 5.32 Å². The van der Waals surface area contributed by atoms with Gasteiger partial charge < -0.3 is 5.32 Å². The van der Waals surface area contributed by atoms with E-state index in [1.165, 1.54) is 24.8 Å². The zero-order valence-corrected chi connectivity index (χ0v) is 12.4. The summed E-state index contributed by atoms with van der Waals surface area (Å²) in [5.41, 5.74) is 1.32. The van der Waals surface area contributed by atoms with Gasteiger partial charge in [-0.1, -0.05) is 37.6 Å². The molecule has 1 N–H and O–H groups in total. The highest BCUT2D eigenvalue weighted by Crippen LogP contribution is 2.30. The van der Waals surface area contributed by atoms with Crippen molar-refractivity contribution in [2.75, 3.05) is 0 Å². The molecule has 1 aliphatic rings. The number of benzene rings is 1. The molecular weight excluding hydrogens is 242 g/mol. The molecule has 1 saturated carbocycles. The molecule has 0 aliphatic heterocycles. The van der Waals surface area contributed by atoms with Crippen molar-refractivity contribution in [2.24, 2.45) is 11.8 Å². The molecule has 1 aliphatic carbocycles. The summed E-state index contributed by atoms with van der Waals surface area (Å²) in [6, 6.07) is 9.26. The molecule has 1 aromatic carbocycles. The number of hydrogen-bond acceptors (Lipinski definition) is 1. The Labute approximate surface area is 116 Å². The quantitative estimate of drug-likeness (QED) is 0.827. The second kappa shape index (κ2) is 6.08. The molecule has 2 rings (SSSR count). The molecule has 100 valence electrons. The molecule has 0 bridgehead atoms. The largest absolute Gasteiger partial charge is 0.307 e. The first-order valence-electron chi connectivity index (χ1n) is 7.06. The molecule has 1 nitrogen and oxygen atoms in total. The number of rotatable bonds is 3. The van der Waals surface area contributed by atoms with Crippen LogP contribution in [0, 0.1) is 11.8 Å². The Morgan fingerprint density at radius 1 is 1.06 bits per heavy atom. The minimum Gasteiger partial charge on any atom is -0.307 e. The second-order valence-corrected chi connectivity index (χ2v) is 6.49. The fourth-order valence-corrected chi connectivity index (χ4v) is 3.41. The van der Waals surface area contributed by atoms with E-state index in [0.717, 1.165) is 16.9 Å². The molecule has 1 fully saturated rings. The summed E-state index contributed by atoms with van der Waals surface area (Å²) in [6.07, 6.45) is 4.00. The summed E-state index contributed by atoms with van der Waals surface area (Å²) in [7, 11) is 0. The van der Waals surface area contributed by atoms with E-state index in [1.54, 1.807) is 0 Å². The third kappa shape index (κ3) is 3.73. The van der Waals surface area contributed by atoms with Gasteiger partial charge >= 0.3 is 0 Å². The number of halogens is 1. The van der Waals surface area contributed by atoms with E-state index < -0.39 is 0 Å². The maximum Gasteiger partial charge on any atom is 0.0406 e. The molecule has 0 aromatic heterocycles. The fourth-order valence-electron chi connectivity index (χ4n) is 3.28. The normalized spacial score (nSPS) is 30.1. The standard InChI is InChI=1S/C16H24ClN/c1-11-8-12(2)10-16(9-11)18-13(3)14-4-6-15(17)7-5-14/h4-7,11-13,16,18H,8-10H2,1-3H3/t11?,12?,13-,16?/m0/s1. The van der Waals surface area contributed by atoms with Crippen molar-refractivity contribution in [3.8, 4) is 0 Å². The molecule has 0 radical (unpaired) electrons. The van der Waals surface area contributed by atoms with Crippen LogP contribution in [-0.2, 0) is 0 Å². The summed E-state index contributed by atoms with van der Waals surface area (Å²) >= 11 is 5.93. The van der Waals surface area contributed by atoms with Crippen molar-refractivity contribution in [3.05, 3.63) is 34.9 Å². The Balaban J connectivity index is 1.94. The van der Waals surface area contributed by atoms with Crippen molar-refractivity contribution in [2.45, 2.75) is 52.1 Å². The third-order valence-corrected chi connectivity index (χ3v) is 4.29. The first kappa shape index (κ1) is 13.9. The third-order valence-electron chi connectivity index (χ3n) is 4.03. The van der Waals surface area contributed by atoms with Crippen LogP contribution in [-0.4, -0.2) is 6.04 Å². The summed E-state index contributed by atoms with van der Waals surface area (Å²) < 4.78 is 0. The molecule has 18 heavy (non-hydrogen) atoms. The lowest BCUT2D eigenvalue weighted by Gasteiger charge is -2.34. The van der Waals surface area contributed by atoms with Gasteiger partial charge in [-0.3, -0.25) is 0 Å². The van der Waals surface area contributed by atoms with Gasteiger partial charge in [0.05, 0.1) is 0 Å². The minimum absolute atomic E-state index is 0.407. The van der Waals surface area contributed by atoms with Gasteiger partial charge in [0.1, 0.15) is 0 Å². The van der Waals surface area contributed by atoms with E-state index >= 15 is 0 Å². The fraction of sp³-hybridized carbons (Fsp3) is 0.625. The van der Waals surface area contributed by atoms with E-state index in [4.69, 9.17) is 11.6 Å². The lowest BCUT2D eigenvalue weighted by molar-refractivity contribution is 0.228. The molecule has 0 heterocycles. The zero-order chi connectivity index (χ0) is 13.1. The van der Waals surface area contributed by atoms with Crippen molar-refractivity contribution >= 4 is 11.6 Å². The Morgan fingerprint density at radius 2 is 1.61 bits per heavy atom. The molecular formula is C16H24ClN. The van der Waals surface area contributed by atoms with Gasteiger partial charge in [0.15, 0.2) is 0 Å². The van der Waals surface area contributed by atoms with Gasteiger partial charge in [-0.25, -0.2) is 0 Å².